The summed E-state index contributed by atoms with van der Waals surface area (Å²) in [7, 11) is 0. The zero-order chi connectivity index (χ0) is 14.8. The molecule has 21 heavy (non-hydrogen) atoms. The number of hydrogen-bond donors (Lipinski definition) is 1. The molecule has 2 aromatic rings. The molecule has 0 aliphatic heterocycles. The molecule has 0 bridgehead atoms. The van der Waals surface area contributed by atoms with Gasteiger partial charge in [0.1, 0.15) is 5.82 Å². The van der Waals surface area contributed by atoms with E-state index in [1.54, 1.807) is 0 Å². The second kappa shape index (κ2) is 6.44. The van der Waals surface area contributed by atoms with Crippen molar-refractivity contribution in [3.05, 3.63) is 38.9 Å². The number of benzene rings is 1. The highest BCUT2D eigenvalue weighted by atomic mass is 79.9. The Balaban J connectivity index is 2.08. The van der Waals surface area contributed by atoms with Crippen LogP contribution in [0.25, 0.3) is 11.4 Å². The Morgan fingerprint density at radius 3 is 2.62 bits per heavy atom. The molecule has 1 aliphatic rings. The van der Waals surface area contributed by atoms with Crippen molar-refractivity contribution in [2.75, 3.05) is 11.9 Å². The van der Waals surface area contributed by atoms with Gasteiger partial charge in [-0.2, -0.15) is 0 Å². The molecule has 1 heterocycles. The average molecular weight is 411 g/mol. The molecule has 0 spiro atoms. The third kappa shape index (κ3) is 3.29. The zero-order valence-corrected chi connectivity index (χ0v) is 15.0. The Kier molecular flexibility index (Phi) is 4.60. The van der Waals surface area contributed by atoms with Crippen molar-refractivity contribution in [3.8, 4) is 11.4 Å². The molecule has 5 heteroatoms. The van der Waals surface area contributed by atoms with Crippen LogP contribution in [0.1, 0.15) is 37.8 Å². The second-order valence-electron chi connectivity index (χ2n) is 5.28. The molecular formula is C16H17Br2N3. The molecule has 0 atom stereocenters. The van der Waals surface area contributed by atoms with Crippen LogP contribution >= 0.6 is 31.9 Å². The molecular weight excluding hydrogens is 394 g/mol. The first-order valence-corrected chi connectivity index (χ1v) is 8.85. The third-order valence-electron chi connectivity index (χ3n) is 3.50. The standard InChI is InChI=1S/C16H17Br2N3/c1-2-9-19-16-13(18)14(10-7-8-10)20-15(21-16)11-5-3-4-6-12(11)17/h3-6,10H,2,7-9H2,1H3,(H,19,20,21). The van der Waals surface area contributed by atoms with Crippen molar-refractivity contribution in [3.63, 3.8) is 0 Å². The van der Waals surface area contributed by atoms with E-state index in [9.17, 15) is 0 Å². The highest BCUT2D eigenvalue weighted by Crippen LogP contribution is 2.44. The van der Waals surface area contributed by atoms with Gasteiger partial charge in [-0.1, -0.05) is 41.1 Å². The Morgan fingerprint density at radius 2 is 1.95 bits per heavy atom. The number of anilines is 1. The van der Waals surface area contributed by atoms with Gasteiger partial charge in [-0.3, -0.25) is 0 Å². The van der Waals surface area contributed by atoms with Gasteiger partial charge in [-0.15, -0.1) is 0 Å². The largest absolute Gasteiger partial charge is 0.369 e. The van der Waals surface area contributed by atoms with Crippen LogP contribution < -0.4 is 5.32 Å². The van der Waals surface area contributed by atoms with E-state index in [2.05, 4.69) is 44.1 Å². The summed E-state index contributed by atoms with van der Waals surface area (Å²) in [5.41, 5.74) is 2.17. The highest BCUT2D eigenvalue weighted by Gasteiger charge is 2.29. The van der Waals surface area contributed by atoms with Gasteiger partial charge in [-0.25, -0.2) is 9.97 Å². The zero-order valence-electron chi connectivity index (χ0n) is 11.9. The number of aromatic nitrogens is 2. The van der Waals surface area contributed by atoms with Gasteiger partial charge in [0, 0.05) is 22.5 Å². The predicted octanol–water partition coefficient (Wildman–Crippen LogP) is 5.37. The van der Waals surface area contributed by atoms with Gasteiger partial charge in [-0.05, 0) is 41.3 Å². The first-order chi connectivity index (χ1) is 10.2. The number of rotatable bonds is 5. The van der Waals surface area contributed by atoms with Crippen molar-refractivity contribution < 1.29 is 0 Å². The van der Waals surface area contributed by atoms with Crippen LogP contribution in [0, 0.1) is 0 Å². The number of nitrogens with one attached hydrogen (secondary N) is 1. The smallest absolute Gasteiger partial charge is 0.162 e. The third-order valence-corrected chi connectivity index (χ3v) is 4.97. The lowest BCUT2D eigenvalue weighted by atomic mass is 10.2. The molecule has 1 aromatic carbocycles. The van der Waals surface area contributed by atoms with Gasteiger partial charge in [0.25, 0.3) is 0 Å². The summed E-state index contributed by atoms with van der Waals surface area (Å²) in [5, 5.41) is 3.40. The van der Waals surface area contributed by atoms with Crippen LogP contribution in [0.3, 0.4) is 0 Å². The lowest BCUT2D eigenvalue weighted by Crippen LogP contribution is -2.07. The fourth-order valence-electron chi connectivity index (χ4n) is 2.22. The van der Waals surface area contributed by atoms with Crippen molar-refractivity contribution in [1.29, 1.82) is 0 Å². The minimum atomic E-state index is 0.575. The van der Waals surface area contributed by atoms with Gasteiger partial charge >= 0.3 is 0 Å². The summed E-state index contributed by atoms with van der Waals surface area (Å²) in [4.78, 5) is 9.52. The summed E-state index contributed by atoms with van der Waals surface area (Å²) in [6.45, 7) is 3.06. The van der Waals surface area contributed by atoms with E-state index >= 15 is 0 Å². The molecule has 110 valence electrons. The molecule has 3 nitrogen and oxygen atoms in total. The number of hydrogen-bond acceptors (Lipinski definition) is 3. The lowest BCUT2D eigenvalue weighted by Gasteiger charge is -2.13. The molecule has 1 aromatic heterocycles. The van der Waals surface area contributed by atoms with E-state index in [-0.39, 0.29) is 0 Å². The van der Waals surface area contributed by atoms with E-state index in [1.165, 1.54) is 12.8 Å². The highest BCUT2D eigenvalue weighted by molar-refractivity contribution is 9.11. The molecule has 0 saturated heterocycles. The van der Waals surface area contributed by atoms with Crippen LogP contribution in [0.4, 0.5) is 5.82 Å². The van der Waals surface area contributed by atoms with E-state index < -0.39 is 0 Å². The maximum absolute atomic E-state index is 4.81. The predicted molar refractivity (Wildman–Crippen MR) is 93.6 cm³/mol. The summed E-state index contributed by atoms with van der Waals surface area (Å²) < 4.78 is 2.05. The average Bonchev–Trinajstić information content (AvgIpc) is 3.31. The van der Waals surface area contributed by atoms with Crippen LogP contribution in [-0.2, 0) is 0 Å². The molecule has 3 rings (SSSR count). The normalized spacial score (nSPS) is 14.2. The number of nitrogens with zero attached hydrogens (tertiary/aromatic N) is 2. The van der Waals surface area contributed by atoms with Crippen molar-refractivity contribution in [2.24, 2.45) is 0 Å². The molecule has 0 amide bonds. The van der Waals surface area contributed by atoms with Gasteiger partial charge in [0.2, 0.25) is 0 Å². The van der Waals surface area contributed by atoms with E-state index in [0.29, 0.717) is 5.92 Å². The molecule has 1 fully saturated rings. The fraction of sp³-hybridized carbons (Fsp3) is 0.375. The molecule has 1 aliphatic carbocycles. The van der Waals surface area contributed by atoms with E-state index in [0.717, 1.165) is 44.8 Å². The van der Waals surface area contributed by atoms with Crippen LogP contribution in [0.5, 0.6) is 0 Å². The van der Waals surface area contributed by atoms with Crippen LogP contribution in [-0.4, -0.2) is 16.5 Å². The minimum Gasteiger partial charge on any atom is -0.369 e. The maximum atomic E-state index is 4.81. The lowest BCUT2D eigenvalue weighted by molar-refractivity contribution is 0.939. The van der Waals surface area contributed by atoms with Crippen molar-refractivity contribution in [1.82, 2.24) is 9.97 Å². The summed E-state index contributed by atoms with van der Waals surface area (Å²) >= 11 is 7.27. The number of halogens is 2. The fourth-order valence-corrected chi connectivity index (χ4v) is 3.32. The van der Waals surface area contributed by atoms with Crippen molar-refractivity contribution in [2.45, 2.75) is 32.1 Å². The summed E-state index contributed by atoms with van der Waals surface area (Å²) in [6.07, 6.45) is 3.51. The topological polar surface area (TPSA) is 37.8 Å². The molecule has 1 saturated carbocycles. The Bertz CT molecular complexity index is 654. The molecule has 0 radical (unpaired) electrons. The maximum Gasteiger partial charge on any atom is 0.162 e. The SMILES string of the molecule is CCCNc1nc(-c2ccccc2Br)nc(C2CC2)c1Br. The van der Waals surface area contributed by atoms with Crippen LogP contribution in [0.15, 0.2) is 33.2 Å². The quantitative estimate of drug-likeness (QED) is 0.719. The van der Waals surface area contributed by atoms with E-state index in [4.69, 9.17) is 9.97 Å². The van der Waals surface area contributed by atoms with Gasteiger partial charge < -0.3 is 5.32 Å². The van der Waals surface area contributed by atoms with Crippen molar-refractivity contribution >= 4 is 37.7 Å². The Morgan fingerprint density at radius 1 is 1.19 bits per heavy atom. The summed E-state index contributed by atoms with van der Waals surface area (Å²) in [6, 6.07) is 8.09. The first kappa shape index (κ1) is 15.0. The molecule has 0 unspecified atom stereocenters. The second-order valence-corrected chi connectivity index (χ2v) is 6.92. The monoisotopic (exact) mass is 409 g/mol. The minimum absolute atomic E-state index is 0.575. The summed E-state index contributed by atoms with van der Waals surface area (Å²) in [5.74, 6) is 2.26. The first-order valence-electron chi connectivity index (χ1n) is 7.27. The van der Waals surface area contributed by atoms with Gasteiger partial charge in [0.05, 0.1) is 10.2 Å². The van der Waals surface area contributed by atoms with E-state index in [1.807, 2.05) is 24.3 Å². The molecule has 1 N–H and O–H groups in total. The van der Waals surface area contributed by atoms with Gasteiger partial charge in [0.15, 0.2) is 5.82 Å². The Labute approximate surface area is 141 Å². The van der Waals surface area contributed by atoms with Crippen LogP contribution in [0.2, 0.25) is 0 Å². The Hall–Kier alpha value is -0.940.